The Morgan fingerprint density at radius 1 is 1.00 bits per heavy atom. The average Bonchev–Trinajstić information content (AvgIpc) is 3.27. The number of hydrogen-bond donors (Lipinski definition) is 1. The molecule has 1 N–H and O–H groups in total. The van der Waals surface area contributed by atoms with E-state index in [4.69, 9.17) is 16.0 Å². The highest BCUT2D eigenvalue weighted by Crippen LogP contribution is 2.26. The summed E-state index contributed by atoms with van der Waals surface area (Å²) in [6.45, 7) is 1.75. The highest BCUT2D eigenvalue weighted by Gasteiger charge is 2.12. The van der Waals surface area contributed by atoms with E-state index in [1.54, 1.807) is 18.4 Å². The number of benzene rings is 2. The predicted molar refractivity (Wildman–Crippen MR) is 102 cm³/mol. The summed E-state index contributed by atoms with van der Waals surface area (Å²) < 4.78 is 21.6. The first kappa shape index (κ1) is 16.9. The van der Waals surface area contributed by atoms with E-state index >= 15 is 0 Å². The number of furan rings is 1. The van der Waals surface area contributed by atoms with E-state index in [1.165, 1.54) is 6.07 Å². The van der Waals surface area contributed by atoms with Crippen molar-refractivity contribution in [3.63, 3.8) is 0 Å². The third-order valence-electron chi connectivity index (χ3n) is 4.46. The van der Waals surface area contributed by atoms with Gasteiger partial charge in [0.05, 0.1) is 19.4 Å². The number of rotatable bonds is 6. The Bertz CT molecular complexity index is 1000. The first-order chi connectivity index (χ1) is 12.7. The smallest absolute Gasteiger partial charge is 0.129 e. The largest absolute Gasteiger partial charge is 0.468 e. The molecule has 0 amide bonds. The lowest BCUT2D eigenvalue weighted by Gasteiger charge is -2.08. The van der Waals surface area contributed by atoms with Gasteiger partial charge in [-0.15, -0.1) is 0 Å². The van der Waals surface area contributed by atoms with Crippen molar-refractivity contribution in [2.24, 2.45) is 0 Å². The minimum atomic E-state index is -0.284. The van der Waals surface area contributed by atoms with Gasteiger partial charge in [-0.3, -0.25) is 0 Å². The van der Waals surface area contributed by atoms with Crippen molar-refractivity contribution < 1.29 is 8.81 Å². The number of hydrogen-bond acceptors (Lipinski definition) is 2. The molecule has 132 valence electrons. The third-order valence-corrected chi connectivity index (χ3v) is 4.81. The number of fused-ring (bicyclic) bond motifs is 1. The molecule has 0 saturated carbocycles. The van der Waals surface area contributed by atoms with Gasteiger partial charge in [-0.2, -0.15) is 0 Å². The van der Waals surface area contributed by atoms with E-state index in [0.717, 1.165) is 22.2 Å². The van der Waals surface area contributed by atoms with Crippen LogP contribution in [0.15, 0.2) is 71.5 Å². The molecule has 4 rings (SSSR count). The van der Waals surface area contributed by atoms with Crippen LogP contribution in [-0.4, -0.2) is 4.57 Å². The van der Waals surface area contributed by atoms with Crippen molar-refractivity contribution >= 4 is 22.5 Å². The maximum absolute atomic E-state index is 14.2. The molecule has 2 aromatic heterocycles. The van der Waals surface area contributed by atoms with Crippen LogP contribution in [0.25, 0.3) is 10.9 Å². The van der Waals surface area contributed by atoms with Crippen LogP contribution < -0.4 is 5.32 Å². The highest BCUT2D eigenvalue weighted by molar-refractivity contribution is 6.31. The molecule has 0 unspecified atom stereocenters. The maximum atomic E-state index is 14.2. The summed E-state index contributed by atoms with van der Waals surface area (Å²) in [6, 6.07) is 16.7. The second-order valence-electron chi connectivity index (χ2n) is 6.18. The van der Waals surface area contributed by atoms with Crippen LogP contribution in [0.5, 0.6) is 0 Å². The van der Waals surface area contributed by atoms with Crippen LogP contribution >= 0.6 is 11.6 Å². The minimum Gasteiger partial charge on any atom is -0.468 e. The van der Waals surface area contributed by atoms with E-state index in [0.29, 0.717) is 30.2 Å². The molecule has 3 nitrogen and oxygen atoms in total. The van der Waals surface area contributed by atoms with E-state index in [1.807, 2.05) is 34.9 Å². The number of para-hydroxylation sites is 1. The summed E-state index contributed by atoms with van der Waals surface area (Å²) in [5, 5.41) is 4.98. The molecule has 5 heteroatoms. The predicted octanol–water partition coefficient (Wildman–Crippen LogP) is 5.36. The van der Waals surface area contributed by atoms with Crippen LogP contribution in [0.2, 0.25) is 5.02 Å². The molecule has 2 heterocycles. The van der Waals surface area contributed by atoms with Crippen molar-refractivity contribution in [3.8, 4) is 0 Å². The van der Waals surface area contributed by atoms with Crippen LogP contribution in [0.3, 0.4) is 0 Å². The summed E-state index contributed by atoms with van der Waals surface area (Å²) >= 11 is 6.20. The molecule has 0 aliphatic heterocycles. The van der Waals surface area contributed by atoms with Crippen molar-refractivity contribution in [2.45, 2.75) is 19.6 Å². The fourth-order valence-electron chi connectivity index (χ4n) is 3.18. The van der Waals surface area contributed by atoms with Gasteiger partial charge in [-0.1, -0.05) is 35.9 Å². The van der Waals surface area contributed by atoms with Gasteiger partial charge in [-0.25, -0.2) is 4.39 Å². The van der Waals surface area contributed by atoms with Crippen LogP contribution in [0.4, 0.5) is 4.39 Å². The van der Waals surface area contributed by atoms with Gasteiger partial charge in [0.25, 0.3) is 0 Å². The van der Waals surface area contributed by atoms with E-state index in [2.05, 4.69) is 17.6 Å². The van der Waals surface area contributed by atoms with Gasteiger partial charge in [0.2, 0.25) is 0 Å². The molecule has 0 atom stereocenters. The van der Waals surface area contributed by atoms with Crippen molar-refractivity contribution in [2.75, 3.05) is 0 Å². The lowest BCUT2D eigenvalue weighted by Crippen LogP contribution is -2.11. The Labute approximate surface area is 156 Å². The normalized spacial score (nSPS) is 11.3. The zero-order valence-corrected chi connectivity index (χ0v) is 14.8. The SMILES string of the molecule is Fc1cccc(Cl)c1Cn1cc(CNCc2ccco2)c2ccccc21. The Morgan fingerprint density at radius 3 is 2.69 bits per heavy atom. The zero-order valence-electron chi connectivity index (χ0n) is 14.1. The second-order valence-corrected chi connectivity index (χ2v) is 6.59. The fourth-order valence-corrected chi connectivity index (χ4v) is 3.40. The van der Waals surface area contributed by atoms with Gasteiger partial charge < -0.3 is 14.3 Å². The minimum absolute atomic E-state index is 0.284. The summed E-state index contributed by atoms with van der Waals surface area (Å²) in [7, 11) is 0. The molecule has 2 aromatic carbocycles. The number of halogens is 2. The number of aromatic nitrogens is 1. The molecule has 0 aliphatic rings. The van der Waals surface area contributed by atoms with Gasteiger partial charge in [0.1, 0.15) is 11.6 Å². The maximum Gasteiger partial charge on any atom is 0.129 e. The Kier molecular flexibility index (Phi) is 4.78. The van der Waals surface area contributed by atoms with Gasteiger partial charge >= 0.3 is 0 Å². The van der Waals surface area contributed by atoms with Crippen LogP contribution in [0.1, 0.15) is 16.9 Å². The number of nitrogens with one attached hydrogen (secondary N) is 1. The Balaban J connectivity index is 1.61. The Morgan fingerprint density at radius 2 is 1.88 bits per heavy atom. The molecule has 4 aromatic rings. The molecule has 0 fully saturated rings. The van der Waals surface area contributed by atoms with E-state index < -0.39 is 0 Å². The highest BCUT2D eigenvalue weighted by atomic mass is 35.5. The number of nitrogens with zero attached hydrogens (tertiary/aromatic N) is 1. The first-order valence-corrected chi connectivity index (χ1v) is 8.83. The van der Waals surface area contributed by atoms with E-state index in [9.17, 15) is 4.39 Å². The molecule has 0 aliphatic carbocycles. The lowest BCUT2D eigenvalue weighted by atomic mass is 10.2. The van der Waals surface area contributed by atoms with Gasteiger partial charge in [0, 0.05) is 34.2 Å². The quantitative estimate of drug-likeness (QED) is 0.496. The molecule has 0 radical (unpaired) electrons. The zero-order chi connectivity index (χ0) is 17.9. The summed E-state index contributed by atoms with van der Waals surface area (Å²) in [4.78, 5) is 0. The summed E-state index contributed by atoms with van der Waals surface area (Å²) in [5.74, 6) is 0.611. The summed E-state index contributed by atoms with van der Waals surface area (Å²) in [6.07, 6.45) is 3.73. The van der Waals surface area contributed by atoms with E-state index in [-0.39, 0.29) is 5.82 Å². The molecule has 0 saturated heterocycles. The van der Waals surface area contributed by atoms with Gasteiger partial charge in [-0.05, 0) is 35.9 Å². The lowest BCUT2D eigenvalue weighted by molar-refractivity contribution is 0.483. The average molecular weight is 369 g/mol. The van der Waals surface area contributed by atoms with Crippen molar-refractivity contribution in [3.05, 3.63) is 94.8 Å². The first-order valence-electron chi connectivity index (χ1n) is 8.45. The second kappa shape index (κ2) is 7.36. The Hall–Kier alpha value is -2.56. The monoisotopic (exact) mass is 368 g/mol. The molecule has 0 spiro atoms. The molecule has 26 heavy (non-hydrogen) atoms. The summed E-state index contributed by atoms with van der Waals surface area (Å²) in [5.41, 5.74) is 2.71. The van der Waals surface area contributed by atoms with Crippen LogP contribution in [-0.2, 0) is 19.6 Å². The molecule has 0 bridgehead atoms. The standard InChI is InChI=1S/C21H18ClFN2O/c22-19-7-3-8-20(23)18(19)14-25-13-15(17-6-1-2-9-21(17)25)11-24-12-16-5-4-10-26-16/h1-10,13,24H,11-12,14H2. The molecular formula is C21H18ClFN2O. The molecular weight excluding hydrogens is 351 g/mol. The van der Waals surface area contributed by atoms with Crippen molar-refractivity contribution in [1.82, 2.24) is 9.88 Å². The van der Waals surface area contributed by atoms with Crippen LogP contribution in [0, 0.1) is 5.82 Å². The third kappa shape index (κ3) is 3.39. The fraction of sp³-hybridized carbons (Fsp3) is 0.143. The topological polar surface area (TPSA) is 30.1 Å². The van der Waals surface area contributed by atoms with Crippen molar-refractivity contribution in [1.29, 1.82) is 0 Å². The van der Waals surface area contributed by atoms with Gasteiger partial charge in [0.15, 0.2) is 0 Å².